The van der Waals surface area contributed by atoms with Crippen LogP contribution in [0, 0.1) is 0 Å². The highest BCUT2D eigenvalue weighted by atomic mass is 32.2. The summed E-state index contributed by atoms with van der Waals surface area (Å²) < 4.78 is 0.242. The third-order valence-corrected chi connectivity index (χ3v) is 8.48. The van der Waals surface area contributed by atoms with Crippen LogP contribution in [0.4, 0.5) is 28.4 Å². The van der Waals surface area contributed by atoms with E-state index in [0.29, 0.717) is 4.91 Å². The van der Waals surface area contributed by atoms with Gasteiger partial charge in [-0.05, 0) is 77.9 Å². The van der Waals surface area contributed by atoms with Crippen molar-refractivity contribution in [3.05, 3.63) is 156 Å². The highest BCUT2D eigenvalue weighted by Crippen LogP contribution is 2.36. The second kappa shape index (κ2) is 14.1. The number of carboxylic acid groups (broad SMARTS) is 1. The van der Waals surface area contributed by atoms with Gasteiger partial charge in [-0.2, -0.15) is 5.10 Å². The molecule has 1 fully saturated rings. The second-order valence-electron chi connectivity index (χ2n) is 10.2. The molecule has 5 aromatic rings. The zero-order valence-electron chi connectivity index (χ0n) is 24.5. The van der Waals surface area contributed by atoms with Gasteiger partial charge in [0.1, 0.15) is 10.9 Å². The van der Waals surface area contributed by atoms with E-state index in [-0.39, 0.29) is 4.32 Å². The van der Waals surface area contributed by atoms with Crippen LogP contribution in [0.3, 0.4) is 0 Å². The molecular formula is C37H28N4O3S2. The van der Waals surface area contributed by atoms with Crippen molar-refractivity contribution in [1.82, 2.24) is 4.90 Å². The van der Waals surface area contributed by atoms with E-state index < -0.39 is 18.4 Å². The Morgan fingerprint density at radius 2 is 1.15 bits per heavy atom. The Morgan fingerprint density at radius 3 is 1.65 bits per heavy atom. The maximum Gasteiger partial charge on any atom is 0.323 e. The molecule has 1 heterocycles. The molecule has 1 saturated heterocycles. The Hall–Kier alpha value is -5.51. The van der Waals surface area contributed by atoms with E-state index in [2.05, 4.69) is 29.2 Å². The topological polar surface area (TPSA) is 76.5 Å². The lowest BCUT2D eigenvalue weighted by molar-refractivity contribution is -0.140. The number of thioether (sulfide) groups is 1. The smallest absolute Gasteiger partial charge is 0.323 e. The lowest BCUT2D eigenvalue weighted by Crippen LogP contribution is -2.33. The number of para-hydroxylation sites is 3. The Morgan fingerprint density at radius 1 is 0.696 bits per heavy atom. The predicted octanol–water partition coefficient (Wildman–Crippen LogP) is 8.61. The van der Waals surface area contributed by atoms with E-state index in [1.54, 1.807) is 6.08 Å². The summed E-state index contributed by atoms with van der Waals surface area (Å²) >= 11 is 6.33. The monoisotopic (exact) mass is 640 g/mol. The number of aliphatic carboxylic acids is 1. The largest absolute Gasteiger partial charge is 0.480 e. The summed E-state index contributed by atoms with van der Waals surface area (Å²) in [6.45, 7) is -0.448. The van der Waals surface area contributed by atoms with Gasteiger partial charge in [0, 0.05) is 17.1 Å². The number of hydrogen-bond donors (Lipinski definition) is 1. The van der Waals surface area contributed by atoms with Gasteiger partial charge in [0.15, 0.2) is 0 Å². The minimum Gasteiger partial charge on any atom is -0.480 e. The van der Waals surface area contributed by atoms with Crippen LogP contribution >= 0.6 is 24.0 Å². The van der Waals surface area contributed by atoms with Crippen molar-refractivity contribution in [1.29, 1.82) is 0 Å². The molecule has 6 rings (SSSR count). The van der Waals surface area contributed by atoms with Crippen LogP contribution < -0.4 is 9.91 Å². The molecule has 0 bridgehead atoms. The molecule has 1 aliphatic heterocycles. The van der Waals surface area contributed by atoms with E-state index in [4.69, 9.17) is 22.4 Å². The zero-order valence-corrected chi connectivity index (χ0v) is 26.1. The summed E-state index contributed by atoms with van der Waals surface area (Å²) in [4.78, 5) is 27.5. The highest BCUT2D eigenvalue weighted by molar-refractivity contribution is 8.26. The molecular weight excluding hydrogens is 613 g/mol. The lowest BCUT2D eigenvalue weighted by atomic mass is 10.1. The Labute approximate surface area is 276 Å². The number of nitrogens with zero attached hydrogens (tertiary/aromatic N) is 4. The van der Waals surface area contributed by atoms with Gasteiger partial charge in [-0.3, -0.25) is 14.5 Å². The minimum atomic E-state index is -1.11. The standard InChI is InChI=1S/C37H28N4O3S2/c42-35(43)26-39-36(44)34(46-37(39)45)24-27-16-20-30(21-17-27)40(29-10-4-1-5-11-29)31-22-18-28(19-23-31)25-38-41(32-12-6-2-7-13-32)33-14-8-3-9-15-33/h1-25H,26H2,(H,42,43)/b34-24+,38-25+. The molecule has 0 aromatic heterocycles. The fraction of sp³-hybridized carbons (Fsp3) is 0.0270. The molecule has 46 heavy (non-hydrogen) atoms. The van der Waals surface area contributed by atoms with Crippen LogP contribution in [0.5, 0.6) is 0 Å². The summed E-state index contributed by atoms with van der Waals surface area (Å²) in [5.41, 5.74) is 6.57. The number of thiocarbonyl (C=S) groups is 1. The normalized spacial score (nSPS) is 13.8. The maximum atomic E-state index is 12.7. The van der Waals surface area contributed by atoms with Gasteiger partial charge in [0.25, 0.3) is 5.91 Å². The minimum absolute atomic E-state index is 0.242. The SMILES string of the molecule is O=C(O)CN1C(=O)/C(=C\c2ccc(N(c3ccccc3)c3ccc(/C=N/N(c4ccccc4)c4ccccc4)cc3)cc2)SC1=S. The first kappa shape index (κ1) is 30.5. The van der Waals surface area contributed by atoms with Gasteiger partial charge in [0.05, 0.1) is 22.5 Å². The van der Waals surface area contributed by atoms with Gasteiger partial charge < -0.3 is 10.0 Å². The van der Waals surface area contributed by atoms with Crippen LogP contribution in [0.25, 0.3) is 6.08 Å². The Bertz CT molecular complexity index is 1860. The van der Waals surface area contributed by atoms with Crippen molar-refractivity contribution in [3.63, 3.8) is 0 Å². The summed E-state index contributed by atoms with van der Waals surface area (Å²) in [6.07, 6.45) is 3.59. The highest BCUT2D eigenvalue weighted by Gasteiger charge is 2.33. The fourth-order valence-electron chi connectivity index (χ4n) is 4.92. The first-order valence-corrected chi connectivity index (χ1v) is 15.7. The van der Waals surface area contributed by atoms with Gasteiger partial charge in [-0.1, -0.05) is 103 Å². The van der Waals surface area contributed by atoms with Crippen molar-refractivity contribution in [2.75, 3.05) is 16.5 Å². The number of hydrogen-bond acceptors (Lipinski definition) is 7. The van der Waals surface area contributed by atoms with Crippen LogP contribution in [-0.4, -0.2) is 39.0 Å². The number of hydrazone groups is 1. The molecule has 9 heteroatoms. The van der Waals surface area contributed by atoms with Gasteiger partial charge >= 0.3 is 5.97 Å². The van der Waals surface area contributed by atoms with Crippen molar-refractivity contribution < 1.29 is 14.7 Å². The third kappa shape index (κ3) is 7.07. The Kier molecular flexibility index (Phi) is 9.33. The molecule has 0 aliphatic carbocycles. The molecule has 0 saturated carbocycles. The molecule has 7 nitrogen and oxygen atoms in total. The first-order valence-electron chi connectivity index (χ1n) is 14.4. The van der Waals surface area contributed by atoms with Crippen LogP contribution in [0.15, 0.2) is 150 Å². The number of benzene rings is 5. The van der Waals surface area contributed by atoms with Crippen LogP contribution in [0.2, 0.25) is 0 Å². The summed E-state index contributed by atoms with van der Waals surface area (Å²) in [6, 6.07) is 46.2. The molecule has 0 atom stereocenters. The van der Waals surface area contributed by atoms with E-state index >= 15 is 0 Å². The molecule has 1 N–H and O–H groups in total. The quantitative estimate of drug-likeness (QED) is 0.0709. The van der Waals surface area contributed by atoms with Gasteiger partial charge in [0.2, 0.25) is 0 Å². The summed E-state index contributed by atoms with van der Waals surface area (Å²) in [7, 11) is 0. The van der Waals surface area contributed by atoms with Gasteiger partial charge in [-0.15, -0.1) is 0 Å². The number of amides is 1. The van der Waals surface area contributed by atoms with Gasteiger partial charge in [-0.25, -0.2) is 5.01 Å². The lowest BCUT2D eigenvalue weighted by Gasteiger charge is -2.25. The number of rotatable bonds is 10. The maximum absolute atomic E-state index is 12.7. The predicted molar refractivity (Wildman–Crippen MR) is 191 cm³/mol. The average molecular weight is 641 g/mol. The third-order valence-electron chi connectivity index (χ3n) is 7.11. The van der Waals surface area contributed by atoms with E-state index in [1.807, 2.05) is 126 Å². The second-order valence-corrected chi connectivity index (χ2v) is 11.9. The average Bonchev–Trinajstić information content (AvgIpc) is 3.34. The van der Waals surface area contributed by atoms with Crippen LogP contribution in [-0.2, 0) is 9.59 Å². The van der Waals surface area contributed by atoms with E-state index in [1.165, 1.54) is 0 Å². The fourth-order valence-corrected chi connectivity index (χ4v) is 6.18. The van der Waals surface area contributed by atoms with Crippen molar-refractivity contribution >= 4 is 80.9 Å². The molecule has 0 unspecified atom stereocenters. The zero-order chi connectivity index (χ0) is 31.9. The number of carboxylic acids is 1. The van der Waals surface area contributed by atoms with Crippen molar-refractivity contribution in [3.8, 4) is 0 Å². The van der Waals surface area contributed by atoms with E-state index in [9.17, 15) is 9.59 Å². The number of carbonyl (C=O) groups is 2. The first-order chi connectivity index (χ1) is 22.5. The molecule has 5 aromatic carbocycles. The summed E-state index contributed by atoms with van der Waals surface area (Å²) in [5, 5.41) is 15.9. The molecule has 0 spiro atoms. The molecule has 226 valence electrons. The van der Waals surface area contributed by atoms with Crippen LogP contribution in [0.1, 0.15) is 11.1 Å². The van der Waals surface area contributed by atoms with E-state index in [0.717, 1.165) is 56.2 Å². The van der Waals surface area contributed by atoms with Crippen molar-refractivity contribution in [2.45, 2.75) is 0 Å². The number of anilines is 5. The molecule has 0 radical (unpaired) electrons. The summed E-state index contributed by atoms with van der Waals surface area (Å²) in [5.74, 6) is -1.50. The van der Waals surface area contributed by atoms with Crippen molar-refractivity contribution in [2.24, 2.45) is 5.10 Å². The number of carbonyl (C=O) groups excluding carboxylic acids is 1. The Balaban J connectivity index is 1.25. The molecule has 1 amide bonds. The molecule has 1 aliphatic rings.